The number of amides is 3. The van der Waals surface area contributed by atoms with Crippen LogP contribution in [0.25, 0.3) is 0 Å². The van der Waals surface area contributed by atoms with E-state index >= 15 is 0 Å². The van der Waals surface area contributed by atoms with Crippen molar-refractivity contribution in [3.63, 3.8) is 0 Å². The van der Waals surface area contributed by atoms with E-state index in [0.717, 1.165) is 11.1 Å². The van der Waals surface area contributed by atoms with E-state index in [4.69, 9.17) is 5.73 Å². The van der Waals surface area contributed by atoms with Gasteiger partial charge >= 0.3 is 12.0 Å². The predicted molar refractivity (Wildman–Crippen MR) is 101 cm³/mol. The van der Waals surface area contributed by atoms with Crippen LogP contribution in [0.5, 0.6) is 0 Å². The van der Waals surface area contributed by atoms with Gasteiger partial charge in [0, 0.05) is 6.54 Å². The Morgan fingerprint density at radius 3 is 1.89 bits per heavy atom. The number of hydrogen-bond acceptors (Lipinski definition) is 3. The first-order valence-corrected chi connectivity index (χ1v) is 8.65. The standard InChI is InChI=1S/C20H23N3O4/c21-20(27)22-13-7-12-16(19(25)26)23-18(24)17(14-8-3-1-4-9-14)15-10-5-2-6-11-15/h1-6,8-11,16-17H,7,12-13H2,(H,23,24)(H,25,26)(H3,21,22,27). The minimum atomic E-state index is -1.12. The highest BCUT2D eigenvalue weighted by Gasteiger charge is 2.27. The largest absolute Gasteiger partial charge is 0.480 e. The van der Waals surface area contributed by atoms with Gasteiger partial charge < -0.3 is 21.5 Å². The Balaban J connectivity index is 2.14. The third-order valence-corrected chi connectivity index (χ3v) is 4.11. The molecule has 0 fully saturated rings. The topological polar surface area (TPSA) is 122 Å². The van der Waals surface area contributed by atoms with Crippen LogP contribution in [0.2, 0.25) is 0 Å². The molecule has 5 N–H and O–H groups in total. The molecule has 0 aliphatic rings. The average molecular weight is 369 g/mol. The van der Waals surface area contributed by atoms with Gasteiger partial charge in [-0.3, -0.25) is 4.79 Å². The second-order valence-corrected chi connectivity index (χ2v) is 6.09. The van der Waals surface area contributed by atoms with E-state index in [0.29, 0.717) is 6.42 Å². The summed E-state index contributed by atoms with van der Waals surface area (Å²) in [5.41, 5.74) is 6.54. The molecule has 0 spiro atoms. The lowest BCUT2D eigenvalue weighted by Gasteiger charge is -2.21. The Hall–Kier alpha value is -3.35. The molecule has 0 aliphatic heterocycles. The first kappa shape index (κ1) is 20.0. The summed E-state index contributed by atoms with van der Waals surface area (Å²) in [4.78, 5) is 35.2. The number of carbonyl (C=O) groups is 3. The third-order valence-electron chi connectivity index (χ3n) is 4.11. The fourth-order valence-electron chi connectivity index (χ4n) is 2.82. The van der Waals surface area contributed by atoms with Crippen molar-refractivity contribution in [2.24, 2.45) is 5.73 Å². The Morgan fingerprint density at radius 2 is 1.44 bits per heavy atom. The van der Waals surface area contributed by atoms with Crippen molar-refractivity contribution in [3.8, 4) is 0 Å². The second kappa shape index (κ2) is 9.96. The maximum Gasteiger partial charge on any atom is 0.326 e. The number of nitrogens with two attached hydrogens (primary N) is 1. The fourth-order valence-corrected chi connectivity index (χ4v) is 2.82. The average Bonchev–Trinajstić information content (AvgIpc) is 2.66. The van der Waals surface area contributed by atoms with Crippen molar-refractivity contribution < 1.29 is 19.5 Å². The minimum absolute atomic E-state index is 0.178. The number of aliphatic carboxylic acids is 1. The molecule has 1 atom stereocenters. The first-order valence-electron chi connectivity index (χ1n) is 8.65. The molecule has 7 nitrogen and oxygen atoms in total. The maximum absolute atomic E-state index is 12.9. The summed E-state index contributed by atoms with van der Waals surface area (Å²) in [6.07, 6.45) is 0.555. The minimum Gasteiger partial charge on any atom is -0.480 e. The predicted octanol–water partition coefficient (Wildman–Crippen LogP) is 1.84. The normalized spacial score (nSPS) is 11.6. The Kier molecular flexibility index (Phi) is 7.37. The molecular formula is C20H23N3O4. The number of primary amides is 1. The van der Waals surface area contributed by atoms with Gasteiger partial charge in [-0.15, -0.1) is 0 Å². The molecule has 0 saturated heterocycles. The lowest BCUT2D eigenvalue weighted by atomic mass is 9.90. The second-order valence-electron chi connectivity index (χ2n) is 6.09. The highest BCUT2D eigenvalue weighted by molar-refractivity contribution is 5.90. The molecule has 2 aromatic carbocycles. The number of rotatable bonds is 9. The molecule has 0 saturated carbocycles. The summed E-state index contributed by atoms with van der Waals surface area (Å²) in [5.74, 6) is -2.12. The highest BCUT2D eigenvalue weighted by atomic mass is 16.4. The van der Waals surface area contributed by atoms with Gasteiger partial charge in [-0.1, -0.05) is 60.7 Å². The summed E-state index contributed by atoms with van der Waals surface area (Å²) in [6.45, 7) is 0.246. The molecule has 2 aromatic rings. The van der Waals surface area contributed by atoms with Gasteiger partial charge in [0.15, 0.2) is 0 Å². The van der Waals surface area contributed by atoms with Crippen LogP contribution in [0.1, 0.15) is 29.9 Å². The quantitative estimate of drug-likeness (QED) is 0.504. The van der Waals surface area contributed by atoms with Gasteiger partial charge in [0.1, 0.15) is 6.04 Å². The van der Waals surface area contributed by atoms with Crippen molar-refractivity contribution in [1.82, 2.24) is 10.6 Å². The van der Waals surface area contributed by atoms with Crippen molar-refractivity contribution in [2.75, 3.05) is 6.54 Å². The van der Waals surface area contributed by atoms with Crippen LogP contribution in [0.15, 0.2) is 60.7 Å². The van der Waals surface area contributed by atoms with Gasteiger partial charge in [-0.2, -0.15) is 0 Å². The smallest absolute Gasteiger partial charge is 0.326 e. The molecule has 2 rings (SSSR count). The molecule has 0 aromatic heterocycles. The van der Waals surface area contributed by atoms with Crippen LogP contribution >= 0.6 is 0 Å². The third kappa shape index (κ3) is 6.14. The molecule has 27 heavy (non-hydrogen) atoms. The van der Waals surface area contributed by atoms with E-state index in [1.165, 1.54) is 0 Å². The number of carboxylic acid groups (broad SMARTS) is 1. The molecule has 0 radical (unpaired) electrons. The van der Waals surface area contributed by atoms with E-state index in [2.05, 4.69) is 10.6 Å². The number of benzene rings is 2. The molecule has 0 bridgehead atoms. The van der Waals surface area contributed by atoms with Crippen LogP contribution < -0.4 is 16.4 Å². The molecule has 7 heteroatoms. The van der Waals surface area contributed by atoms with Crippen molar-refractivity contribution >= 4 is 17.9 Å². The Morgan fingerprint density at radius 1 is 0.926 bits per heavy atom. The first-order chi connectivity index (χ1) is 13.0. The SMILES string of the molecule is NC(=O)NCCCC(NC(=O)C(c1ccccc1)c1ccccc1)C(=O)O. The molecule has 0 heterocycles. The monoisotopic (exact) mass is 369 g/mol. The summed E-state index contributed by atoms with van der Waals surface area (Å²) < 4.78 is 0. The Bertz CT molecular complexity index is 726. The number of carboxylic acids is 1. The van der Waals surface area contributed by atoms with Gasteiger partial charge in [-0.25, -0.2) is 9.59 Å². The van der Waals surface area contributed by atoms with Gasteiger partial charge in [0.05, 0.1) is 5.92 Å². The van der Waals surface area contributed by atoms with Crippen molar-refractivity contribution in [2.45, 2.75) is 24.8 Å². The van der Waals surface area contributed by atoms with Crippen LogP contribution in [0.4, 0.5) is 4.79 Å². The van der Waals surface area contributed by atoms with Gasteiger partial charge in [0.25, 0.3) is 0 Å². The summed E-state index contributed by atoms with van der Waals surface area (Å²) in [7, 11) is 0. The zero-order valence-corrected chi connectivity index (χ0v) is 14.8. The maximum atomic E-state index is 12.9. The summed E-state index contributed by atoms with van der Waals surface area (Å²) >= 11 is 0. The van der Waals surface area contributed by atoms with Crippen LogP contribution in [-0.2, 0) is 9.59 Å². The zero-order chi connectivity index (χ0) is 19.6. The molecule has 142 valence electrons. The van der Waals surface area contributed by atoms with Crippen LogP contribution in [0.3, 0.4) is 0 Å². The number of hydrogen-bond donors (Lipinski definition) is 4. The van der Waals surface area contributed by atoms with E-state index in [-0.39, 0.29) is 18.9 Å². The summed E-state index contributed by atoms with van der Waals surface area (Å²) in [5, 5.41) is 14.4. The van der Waals surface area contributed by atoms with E-state index < -0.39 is 24.0 Å². The van der Waals surface area contributed by atoms with E-state index in [1.807, 2.05) is 60.7 Å². The number of carbonyl (C=O) groups excluding carboxylic acids is 2. The van der Waals surface area contributed by atoms with Gasteiger partial charge in [-0.05, 0) is 24.0 Å². The van der Waals surface area contributed by atoms with E-state index in [1.54, 1.807) is 0 Å². The molecule has 1 unspecified atom stereocenters. The number of nitrogens with one attached hydrogen (secondary N) is 2. The van der Waals surface area contributed by atoms with E-state index in [9.17, 15) is 19.5 Å². The van der Waals surface area contributed by atoms with Crippen molar-refractivity contribution in [3.05, 3.63) is 71.8 Å². The fraction of sp³-hybridized carbons (Fsp3) is 0.250. The van der Waals surface area contributed by atoms with Crippen LogP contribution in [0, 0.1) is 0 Å². The molecule has 3 amide bonds. The van der Waals surface area contributed by atoms with Crippen LogP contribution in [-0.4, -0.2) is 35.6 Å². The molecule has 0 aliphatic carbocycles. The lowest BCUT2D eigenvalue weighted by molar-refractivity contribution is -0.142. The number of urea groups is 1. The van der Waals surface area contributed by atoms with Gasteiger partial charge in [0.2, 0.25) is 5.91 Å². The highest BCUT2D eigenvalue weighted by Crippen LogP contribution is 2.25. The molecular weight excluding hydrogens is 346 g/mol. The van der Waals surface area contributed by atoms with Crippen molar-refractivity contribution in [1.29, 1.82) is 0 Å². The lowest BCUT2D eigenvalue weighted by Crippen LogP contribution is -2.43. The zero-order valence-electron chi connectivity index (χ0n) is 14.8. The Labute approximate surface area is 157 Å². The summed E-state index contributed by atoms with van der Waals surface area (Å²) in [6, 6.07) is 16.7.